The number of cyclic esters (lactones) is 1. The van der Waals surface area contributed by atoms with Crippen LogP contribution in [0, 0.1) is 5.92 Å². The maximum Gasteiger partial charge on any atom is 0.339 e. The molecular weight excluding hydrogens is 272 g/mol. The summed E-state index contributed by atoms with van der Waals surface area (Å²) in [5.74, 6) is -2.73. The number of carbonyl (C=O) groups is 3. The van der Waals surface area contributed by atoms with Crippen molar-refractivity contribution in [3.05, 3.63) is 35.4 Å². The molecule has 2 rings (SSSR count). The molecular formula is C16H18O5. The van der Waals surface area contributed by atoms with Gasteiger partial charge in [0.05, 0.1) is 5.56 Å². The van der Waals surface area contributed by atoms with Crippen LogP contribution >= 0.6 is 0 Å². The molecule has 0 radical (unpaired) electrons. The van der Waals surface area contributed by atoms with Gasteiger partial charge < -0.3 is 9.47 Å². The fourth-order valence-corrected chi connectivity index (χ4v) is 2.29. The molecule has 5 nitrogen and oxygen atoms in total. The van der Waals surface area contributed by atoms with Crippen molar-refractivity contribution in [1.29, 1.82) is 0 Å². The summed E-state index contributed by atoms with van der Waals surface area (Å²) in [6.07, 6.45) is -0.916. The highest BCUT2D eigenvalue weighted by atomic mass is 16.6. The molecule has 2 atom stereocenters. The van der Waals surface area contributed by atoms with Crippen molar-refractivity contribution < 1.29 is 23.9 Å². The Morgan fingerprint density at radius 1 is 1.24 bits per heavy atom. The van der Waals surface area contributed by atoms with Crippen LogP contribution < -0.4 is 0 Å². The van der Waals surface area contributed by atoms with Crippen molar-refractivity contribution >= 4 is 17.7 Å². The van der Waals surface area contributed by atoms with Gasteiger partial charge in [0.1, 0.15) is 17.5 Å². The molecule has 0 saturated heterocycles. The van der Waals surface area contributed by atoms with Crippen LogP contribution in [0.15, 0.2) is 24.3 Å². The van der Waals surface area contributed by atoms with E-state index in [0.29, 0.717) is 11.1 Å². The summed E-state index contributed by atoms with van der Waals surface area (Å²) in [5.41, 5.74) is 0.221. The highest BCUT2D eigenvalue weighted by molar-refractivity contribution is 6.01. The molecule has 0 fully saturated rings. The van der Waals surface area contributed by atoms with E-state index in [1.54, 1.807) is 45.0 Å². The van der Waals surface area contributed by atoms with Gasteiger partial charge in [0, 0.05) is 5.56 Å². The molecule has 21 heavy (non-hydrogen) atoms. The van der Waals surface area contributed by atoms with Crippen molar-refractivity contribution in [2.75, 3.05) is 0 Å². The lowest BCUT2D eigenvalue weighted by Gasteiger charge is -2.25. The van der Waals surface area contributed by atoms with Crippen molar-refractivity contribution in [3.63, 3.8) is 0 Å². The number of hydrogen-bond acceptors (Lipinski definition) is 5. The van der Waals surface area contributed by atoms with Crippen LogP contribution in [0.1, 0.15) is 49.7 Å². The van der Waals surface area contributed by atoms with E-state index in [2.05, 4.69) is 0 Å². The second-order valence-corrected chi connectivity index (χ2v) is 6.03. The van der Waals surface area contributed by atoms with Crippen molar-refractivity contribution in [2.45, 2.75) is 39.4 Å². The lowest BCUT2D eigenvalue weighted by molar-refractivity contribution is -0.166. The minimum Gasteiger partial charge on any atom is -0.459 e. The van der Waals surface area contributed by atoms with Gasteiger partial charge in [-0.2, -0.15) is 0 Å². The van der Waals surface area contributed by atoms with Gasteiger partial charge in [-0.1, -0.05) is 18.2 Å². The Kier molecular flexibility index (Phi) is 3.85. The van der Waals surface area contributed by atoms with Gasteiger partial charge >= 0.3 is 11.9 Å². The lowest BCUT2D eigenvalue weighted by Crippen LogP contribution is -2.35. The lowest BCUT2D eigenvalue weighted by atomic mass is 9.91. The Labute approximate surface area is 123 Å². The first kappa shape index (κ1) is 15.2. The largest absolute Gasteiger partial charge is 0.459 e. The quantitative estimate of drug-likeness (QED) is 0.631. The molecule has 5 heteroatoms. The zero-order chi connectivity index (χ0) is 15.8. The minimum absolute atomic E-state index is 0.386. The normalized spacial score (nSPS) is 18.7. The molecule has 0 bridgehead atoms. The Morgan fingerprint density at radius 2 is 1.86 bits per heavy atom. The van der Waals surface area contributed by atoms with Gasteiger partial charge in [0.2, 0.25) is 0 Å². The summed E-state index contributed by atoms with van der Waals surface area (Å²) in [5, 5.41) is 0. The smallest absolute Gasteiger partial charge is 0.339 e. The fourth-order valence-electron chi connectivity index (χ4n) is 2.29. The van der Waals surface area contributed by atoms with E-state index in [4.69, 9.17) is 9.47 Å². The first-order valence-corrected chi connectivity index (χ1v) is 6.74. The summed E-state index contributed by atoms with van der Waals surface area (Å²) in [4.78, 5) is 36.0. The highest BCUT2D eigenvalue weighted by Crippen LogP contribution is 2.37. The number of rotatable bonds is 3. The number of ketones is 1. The van der Waals surface area contributed by atoms with E-state index < -0.39 is 35.3 Å². The summed E-state index contributed by atoms with van der Waals surface area (Å²) >= 11 is 0. The number of fused-ring (bicyclic) bond motifs is 1. The third kappa shape index (κ3) is 3.12. The molecule has 1 heterocycles. The number of Topliss-reactive ketones (excluding diaryl/α,β-unsaturated/α-hetero) is 1. The molecule has 1 aromatic rings. The SMILES string of the molecule is CC(=O)C(C(=O)OC(C)(C)C)C1OC(=O)c2ccccc21. The zero-order valence-electron chi connectivity index (χ0n) is 12.5. The Bertz CT molecular complexity index is 597. The van der Waals surface area contributed by atoms with E-state index >= 15 is 0 Å². The molecule has 0 saturated carbocycles. The molecule has 0 aliphatic carbocycles. The maximum absolute atomic E-state index is 12.3. The van der Waals surface area contributed by atoms with Gasteiger partial charge in [0.25, 0.3) is 0 Å². The predicted molar refractivity (Wildman–Crippen MR) is 74.6 cm³/mol. The van der Waals surface area contributed by atoms with E-state index in [9.17, 15) is 14.4 Å². The molecule has 1 aliphatic heterocycles. The van der Waals surface area contributed by atoms with Crippen LogP contribution in [0.4, 0.5) is 0 Å². The minimum atomic E-state index is -1.14. The third-order valence-electron chi connectivity index (χ3n) is 3.12. The molecule has 0 aromatic heterocycles. The first-order valence-electron chi connectivity index (χ1n) is 6.74. The van der Waals surface area contributed by atoms with Crippen LogP contribution in [0.25, 0.3) is 0 Å². The Balaban J connectivity index is 2.35. The van der Waals surface area contributed by atoms with Crippen LogP contribution in [-0.4, -0.2) is 23.3 Å². The predicted octanol–water partition coefficient (Wildman–Crippen LogP) is 2.45. The van der Waals surface area contributed by atoms with Crippen LogP contribution in [0.2, 0.25) is 0 Å². The number of esters is 2. The molecule has 112 valence electrons. The van der Waals surface area contributed by atoms with Gasteiger partial charge in [-0.3, -0.25) is 9.59 Å². The van der Waals surface area contributed by atoms with E-state index in [0.717, 1.165) is 0 Å². The summed E-state index contributed by atoms with van der Waals surface area (Å²) in [7, 11) is 0. The first-order chi connectivity index (χ1) is 9.70. The second-order valence-electron chi connectivity index (χ2n) is 6.03. The summed E-state index contributed by atoms with van der Waals surface area (Å²) in [6, 6.07) is 6.74. The molecule has 0 spiro atoms. The van der Waals surface area contributed by atoms with Crippen molar-refractivity contribution in [1.82, 2.24) is 0 Å². The topological polar surface area (TPSA) is 69.7 Å². The van der Waals surface area contributed by atoms with Crippen LogP contribution in [0.5, 0.6) is 0 Å². The number of ether oxygens (including phenoxy) is 2. The molecule has 1 aromatic carbocycles. The Hall–Kier alpha value is -2.17. The molecule has 1 aliphatic rings. The van der Waals surface area contributed by atoms with E-state index in [-0.39, 0.29) is 0 Å². The average molecular weight is 290 g/mol. The van der Waals surface area contributed by atoms with Crippen LogP contribution in [0.3, 0.4) is 0 Å². The molecule has 2 unspecified atom stereocenters. The van der Waals surface area contributed by atoms with Gasteiger partial charge in [-0.15, -0.1) is 0 Å². The summed E-state index contributed by atoms with van der Waals surface area (Å²) in [6.45, 7) is 6.45. The number of carbonyl (C=O) groups excluding carboxylic acids is 3. The summed E-state index contributed by atoms with van der Waals surface area (Å²) < 4.78 is 10.5. The molecule has 0 N–H and O–H groups in total. The number of benzene rings is 1. The maximum atomic E-state index is 12.3. The van der Waals surface area contributed by atoms with Gasteiger partial charge in [0.15, 0.2) is 5.92 Å². The second kappa shape index (κ2) is 5.31. The zero-order valence-corrected chi connectivity index (χ0v) is 12.5. The number of hydrogen-bond donors (Lipinski definition) is 0. The average Bonchev–Trinajstić information content (AvgIpc) is 2.65. The fraction of sp³-hybridized carbons (Fsp3) is 0.438. The molecule has 0 amide bonds. The Morgan fingerprint density at radius 3 is 2.43 bits per heavy atom. The van der Waals surface area contributed by atoms with Crippen LogP contribution in [-0.2, 0) is 19.1 Å². The highest BCUT2D eigenvalue weighted by Gasteiger charge is 2.44. The van der Waals surface area contributed by atoms with Gasteiger partial charge in [-0.25, -0.2) is 4.79 Å². The van der Waals surface area contributed by atoms with Gasteiger partial charge in [-0.05, 0) is 33.8 Å². The van der Waals surface area contributed by atoms with Crippen molar-refractivity contribution in [2.24, 2.45) is 5.92 Å². The standard InChI is InChI=1S/C16H18O5/c1-9(17)12(15(19)21-16(2,3)4)13-10-7-5-6-8-11(10)14(18)20-13/h5-8,12-13H,1-4H3. The van der Waals surface area contributed by atoms with E-state index in [1.165, 1.54) is 6.92 Å². The third-order valence-corrected chi connectivity index (χ3v) is 3.12. The monoisotopic (exact) mass is 290 g/mol. The van der Waals surface area contributed by atoms with E-state index in [1.807, 2.05) is 0 Å². The van der Waals surface area contributed by atoms with Crippen molar-refractivity contribution in [3.8, 4) is 0 Å².